The zero-order valence-electron chi connectivity index (χ0n) is 16.6. The monoisotopic (exact) mass is 440 g/mol. The molecule has 0 saturated heterocycles. The Hall–Kier alpha value is -1.27. The molecular weight excluding hydrogens is 412 g/mol. The van der Waals surface area contributed by atoms with Crippen molar-refractivity contribution in [2.75, 3.05) is 19.0 Å². The fourth-order valence-electron chi connectivity index (χ4n) is 2.96. The number of fused-ring (bicyclic) bond motifs is 1. The Kier molecular flexibility index (Phi) is 6.97. The van der Waals surface area contributed by atoms with Gasteiger partial charge in [0.25, 0.3) is 0 Å². The van der Waals surface area contributed by atoms with E-state index in [9.17, 15) is 4.79 Å². The largest absolute Gasteiger partial charge is 0.496 e. The molecule has 0 spiro atoms. The van der Waals surface area contributed by atoms with E-state index in [-0.39, 0.29) is 12.6 Å². The number of hydrogen-bond acceptors (Lipinski definition) is 4. The summed E-state index contributed by atoms with van der Waals surface area (Å²) in [6, 6.07) is 1.03. The number of hydrogen-bond donors (Lipinski definition) is 0. The third-order valence-electron chi connectivity index (χ3n) is 4.59. The van der Waals surface area contributed by atoms with Crippen LogP contribution in [0.2, 0.25) is 25.7 Å². The molecule has 0 unspecified atom stereocenters. The molecule has 26 heavy (non-hydrogen) atoms. The summed E-state index contributed by atoms with van der Waals surface area (Å²) < 4.78 is 17.2. The van der Waals surface area contributed by atoms with Crippen molar-refractivity contribution in [2.24, 2.45) is 0 Å². The zero-order valence-corrected chi connectivity index (χ0v) is 19.2. The van der Waals surface area contributed by atoms with Gasteiger partial charge in [-0.2, -0.15) is 0 Å². The maximum Gasteiger partial charge on any atom is 0.342 e. The quantitative estimate of drug-likeness (QED) is 0.239. The molecule has 0 N–H and O–H groups in total. The summed E-state index contributed by atoms with van der Waals surface area (Å²) >= 11 is 3.48. The first-order valence-corrected chi connectivity index (χ1v) is 13.8. The summed E-state index contributed by atoms with van der Waals surface area (Å²) in [7, 11) is 0.433. The fraction of sp³-hybridized carbons (Fsp3) is 0.550. The molecule has 0 atom stereocenters. The summed E-state index contributed by atoms with van der Waals surface area (Å²) in [5.41, 5.74) is 4.59. The lowest BCUT2D eigenvalue weighted by Gasteiger charge is -2.21. The average Bonchev–Trinajstić information content (AvgIpc) is 2.96. The van der Waals surface area contributed by atoms with Crippen LogP contribution in [0.25, 0.3) is 0 Å². The SMILES string of the molecule is COc1c(C)c2c(c(OCC[Si](C)(C)C)c1CC=C(C)CBr)C(=O)OC2. The maximum absolute atomic E-state index is 12.4. The van der Waals surface area contributed by atoms with Gasteiger partial charge in [0.2, 0.25) is 0 Å². The van der Waals surface area contributed by atoms with Crippen LogP contribution in [0, 0.1) is 6.92 Å². The van der Waals surface area contributed by atoms with Crippen molar-refractivity contribution in [3.63, 3.8) is 0 Å². The second-order valence-corrected chi connectivity index (χ2v) is 14.1. The van der Waals surface area contributed by atoms with Crippen molar-refractivity contribution in [3.8, 4) is 11.5 Å². The van der Waals surface area contributed by atoms with Crippen LogP contribution >= 0.6 is 15.9 Å². The van der Waals surface area contributed by atoms with E-state index in [2.05, 4.69) is 48.6 Å². The summed E-state index contributed by atoms with van der Waals surface area (Å²) in [5.74, 6) is 1.14. The Morgan fingerprint density at radius 2 is 2.00 bits per heavy atom. The van der Waals surface area contributed by atoms with Crippen LogP contribution in [-0.2, 0) is 17.8 Å². The summed E-state index contributed by atoms with van der Waals surface area (Å²) in [6.07, 6.45) is 2.80. The van der Waals surface area contributed by atoms with Crippen LogP contribution in [0.4, 0.5) is 0 Å². The topological polar surface area (TPSA) is 44.8 Å². The number of esters is 1. The van der Waals surface area contributed by atoms with Crippen molar-refractivity contribution in [3.05, 3.63) is 33.9 Å². The molecule has 6 heteroatoms. The van der Waals surface area contributed by atoms with Crippen molar-refractivity contribution in [1.29, 1.82) is 0 Å². The molecule has 1 aliphatic rings. The minimum absolute atomic E-state index is 0.289. The highest BCUT2D eigenvalue weighted by Gasteiger charge is 2.33. The standard InChI is InChI=1S/C20H29BrO4Si/c1-13(11-21)7-8-15-18(23-3)14(2)16-12-25-20(22)17(16)19(15)24-9-10-26(4,5)6/h7H,8-12H2,1-6H3. The smallest absolute Gasteiger partial charge is 0.342 e. The van der Waals surface area contributed by atoms with E-state index >= 15 is 0 Å². The lowest BCUT2D eigenvalue weighted by atomic mass is 9.95. The molecule has 0 fully saturated rings. The summed E-state index contributed by atoms with van der Waals surface area (Å²) in [5, 5.41) is 0.813. The van der Waals surface area contributed by atoms with Crippen LogP contribution in [0.15, 0.2) is 11.6 Å². The van der Waals surface area contributed by atoms with E-state index < -0.39 is 8.07 Å². The number of alkyl halides is 1. The Morgan fingerprint density at radius 3 is 2.58 bits per heavy atom. The minimum atomic E-state index is -1.24. The van der Waals surface area contributed by atoms with Crippen LogP contribution < -0.4 is 9.47 Å². The van der Waals surface area contributed by atoms with Crippen LogP contribution in [0.5, 0.6) is 11.5 Å². The van der Waals surface area contributed by atoms with Crippen LogP contribution in [0.1, 0.15) is 34.0 Å². The molecule has 2 rings (SSSR count). The van der Waals surface area contributed by atoms with Crippen LogP contribution in [-0.4, -0.2) is 33.1 Å². The molecular formula is C20H29BrO4Si. The number of carbonyl (C=O) groups is 1. The molecule has 0 saturated carbocycles. The van der Waals surface area contributed by atoms with Gasteiger partial charge >= 0.3 is 5.97 Å². The van der Waals surface area contributed by atoms with Gasteiger partial charge in [-0.1, -0.05) is 47.2 Å². The Morgan fingerprint density at radius 1 is 1.31 bits per heavy atom. The number of carbonyl (C=O) groups excluding carboxylic acids is 1. The highest BCUT2D eigenvalue weighted by atomic mass is 79.9. The predicted octanol–water partition coefficient (Wildman–Crippen LogP) is 5.27. The van der Waals surface area contributed by atoms with Gasteiger partial charge in [-0.3, -0.25) is 0 Å². The molecule has 0 aliphatic carbocycles. The van der Waals surface area contributed by atoms with E-state index in [0.717, 1.165) is 33.8 Å². The minimum Gasteiger partial charge on any atom is -0.496 e. The molecule has 4 nitrogen and oxygen atoms in total. The molecule has 1 heterocycles. The third kappa shape index (κ3) is 4.71. The van der Waals surface area contributed by atoms with E-state index in [4.69, 9.17) is 14.2 Å². The van der Waals surface area contributed by atoms with E-state index in [0.29, 0.717) is 24.3 Å². The number of halogens is 1. The number of methoxy groups -OCH3 is 1. The first-order chi connectivity index (χ1) is 12.2. The Labute approximate surface area is 166 Å². The zero-order chi connectivity index (χ0) is 19.5. The number of benzene rings is 1. The predicted molar refractivity (Wildman–Crippen MR) is 112 cm³/mol. The van der Waals surface area contributed by atoms with Gasteiger partial charge in [0.15, 0.2) is 0 Å². The fourth-order valence-corrected chi connectivity index (χ4v) is 3.90. The number of allylic oxidation sites excluding steroid dienone is 2. The number of ether oxygens (including phenoxy) is 3. The normalized spacial score (nSPS) is 14.3. The first-order valence-electron chi connectivity index (χ1n) is 8.93. The summed E-state index contributed by atoms with van der Waals surface area (Å²) in [6.45, 7) is 11.9. The van der Waals surface area contributed by atoms with Gasteiger partial charge in [-0.25, -0.2) is 4.79 Å². The first kappa shape index (κ1) is 21.0. The van der Waals surface area contributed by atoms with Crippen LogP contribution in [0.3, 0.4) is 0 Å². The van der Waals surface area contributed by atoms with E-state index in [1.54, 1.807) is 7.11 Å². The van der Waals surface area contributed by atoms with Gasteiger partial charge in [0.1, 0.15) is 23.7 Å². The average molecular weight is 441 g/mol. The second kappa shape index (κ2) is 8.61. The van der Waals surface area contributed by atoms with Crippen molar-refractivity contribution < 1.29 is 19.0 Å². The highest BCUT2D eigenvalue weighted by Crippen LogP contribution is 2.43. The molecule has 0 bridgehead atoms. The van der Waals surface area contributed by atoms with E-state index in [1.165, 1.54) is 5.57 Å². The van der Waals surface area contributed by atoms with Crippen molar-refractivity contribution >= 4 is 30.0 Å². The van der Waals surface area contributed by atoms with Gasteiger partial charge in [0.05, 0.1) is 13.7 Å². The third-order valence-corrected chi connectivity index (χ3v) is 7.18. The lowest BCUT2D eigenvalue weighted by Crippen LogP contribution is -2.23. The Bertz CT molecular complexity index is 720. The molecule has 0 aromatic heterocycles. The highest BCUT2D eigenvalue weighted by molar-refractivity contribution is 9.09. The Balaban J connectivity index is 2.53. The van der Waals surface area contributed by atoms with Gasteiger partial charge in [-0.05, 0) is 31.9 Å². The lowest BCUT2D eigenvalue weighted by molar-refractivity contribution is 0.0532. The second-order valence-electron chi connectivity index (χ2n) is 7.94. The van der Waals surface area contributed by atoms with Crippen molar-refractivity contribution in [1.82, 2.24) is 0 Å². The van der Waals surface area contributed by atoms with Gasteiger partial charge < -0.3 is 14.2 Å². The molecule has 1 aromatic rings. The molecule has 1 aliphatic heterocycles. The van der Waals surface area contributed by atoms with Gasteiger partial charge in [0, 0.05) is 24.5 Å². The van der Waals surface area contributed by atoms with Crippen molar-refractivity contribution in [2.45, 2.75) is 52.6 Å². The molecule has 1 aromatic carbocycles. The molecule has 144 valence electrons. The molecule has 0 radical (unpaired) electrons. The maximum atomic E-state index is 12.4. The number of cyclic esters (lactones) is 1. The summed E-state index contributed by atoms with van der Waals surface area (Å²) in [4.78, 5) is 12.4. The van der Waals surface area contributed by atoms with E-state index in [1.807, 2.05) is 6.92 Å². The van der Waals surface area contributed by atoms with Gasteiger partial charge in [-0.15, -0.1) is 0 Å². The molecule has 0 amide bonds. The number of rotatable bonds is 8.